The van der Waals surface area contributed by atoms with Crippen molar-refractivity contribution >= 4 is 23.7 Å². The number of fused-ring (bicyclic) bond motifs is 2. The average Bonchev–Trinajstić information content (AvgIpc) is 2.99. The van der Waals surface area contributed by atoms with Crippen molar-refractivity contribution in [3.8, 4) is 0 Å². The second-order valence-corrected chi connectivity index (χ2v) is 5.88. The van der Waals surface area contributed by atoms with Crippen molar-refractivity contribution in [1.29, 1.82) is 0 Å². The van der Waals surface area contributed by atoms with E-state index in [1.165, 1.54) is 4.90 Å². The van der Waals surface area contributed by atoms with E-state index in [4.69, 9.17) is 4.74 Å². The molecule has 3 amide bonds. The van der Waals surface area contributed by atoms with E-state index in [2.05, 4.69) is 0 Å². The first-order valence-corrected chi connectivity index (χ1v) is 7.55. The van der Waals surface area contributed by atoms with E-state index in [1.807, 2.05) is 0 Å². The summed E-state index contributed by atoms with van der Waals surface area (Å²) in [5.41, 5.74) is 0.639. The maximum absolute atomic E-state index is 12.7. The fraction of sp³-hybridized carbons (Fsp3) is 0.375. The van der Waals surface area contributed by atoms with E-state index < -0.39 is 36.0 Å². The van der Waals surface area contributed by atoms with Gasteiger partial charge in [-0.3, -0.25) is 29.0 Å². The molecule has 1 unspecified atom stereocenters. The fourth-order valence-electron chi connectivity index (χ4n) is 3.46. The maximum Gasteiger partial charge on any atom is 0.327 e. The SMILES string of the molecule is O=C1CN2C(=O)[C@H](N3C(=O)c4ccccc4C3=O)CCCC2O1. The Labute approximate surface area is 131 Å². The number of amides is 3. The molecule has 1 aromatic carbocycles. The van der Waals surface area contributed by atoms with Gasteiger partial charge in [0.2, 0.25) is 5.91 Å². The molecule has 0 aromatic heterocycles. The minimum absolute atomic E-state index is 0.122. The molecule has 2 fully saturated rings. The molecule has 3 aliphatic heterocycles. The van der Waals surface area contributed by atoms with Crippen molar-refractivity contribution in [2.75, 3.05) is 6.54 Å². The Morgan fingerprint density at radius 3 is 2.26 bits per heavy atom. The zero-order valence-corrected chi connectivity index (χ0v) is 12.2. The van der Waals surface area contributed by atoms with Gasteiger partial charge >= 0.3 is 5.97 Å². The van der Waals surface area contributed by atoms with E-state index in [9.17, 15) is 19.2 Å². The predicted molar refractivity (Wildman–Crippen MR) is 76.2 cm³/mol. The zero-order valence-electron chi connectivity index (χ0n) is 12.2. The molecule has 0 aliphatic carbocycles. The van der Waals surface area contributed by atoms with Crippen LogP contribution in [0.3, 0.4) is 0 Å². The molecule has 2 saturated heterocycles. The van der Waals surface area contributed by atoms with Gasteiger partial charge in [0.05, 0.1) is 11.1 Å². The third kappa shape index (κ3) is 1.96. The van der Waals surface area contributed by atoms with Gasteiger partial charge in [-0.15, -0.1) is 0 Å². The molecule has 7 heteroatoms. The number of esters is 1. The number of carbonyl (C=O) groups is 4. The van der Waals surface area contributed by atoms with Gasteiger partial charge in [0.15, 0.2) is 6.23 Å². The number of carbonyl (C=O) groups excluding carboxylic acids is 4. The van der Waals surface area contributed by atoms with Crippen LogP contribution in [-0.4, -0.2) is 52.3 Å². The quantitative estimate of drug-likeness (QED) is 0.558. The molecule has 23 heavy (non-hydrogen) atoms. The van der Waals surface area contributed by atoms with Crippen molar-refractivity contribution in [2.45, 2.75) is 31.5 Å². The van der Waals surface area contributed by atoms with Gasteiger partial charge in [0.1, 0.15) is 12.6 Å². The zero-order chi connectivity index (χ0) is 16.1. The lowest BCUT2D eigenvalue weighted by Crippen LogP contribution is -2.50. The standard InChI is InChI=1S/C16H14N2O5/c19-13-8-17-12(23-13)7-3-6-11(16(17)22)18-14(20)9-4-1-2-5-10(9)15(18)21/h1-2,4-5,11-12H,3,6-8H2/t11-,12?/m1/s1. The Morgan fingerprint density at radius 2 is 1.61 bits per heavy atom. The first kappa shape index (κ1) is 13.9. The van der Waals surface area contributed by atoms with Crippen molar-refractivity contribution in [1.82, 2.24) is 9.80 Å². The predicted octanol–water partition coefficient (Wildman–Crippen LogP) is 0.547. The molecular formula is C16H14N2O5. The number of hydrogen-bond acceptors (Lipinski definition) is 5. The van der Waals surface area contributed by atoms with Gasteiger partial charge in [-0.25, -0.2) is 0 Å². The first-order valence-electron chi connectivity index (χ1n) is 7.55. The molecule has 7 nitrogen and oxygen atoms in total. The van der Waals surface area contributed by atoms with Gasteiger partial charge in [0.25, 0.3) is 11.8 Å². The summed E-state index contributed by atoms with van der Waals surface area (Å²) < 4.78 is 5.12. The number of hydrogen-bond donors (Lipinski definition) is 0. The van der Waals surface area contributed by atoms with E-state index >= 15 is 0 Å². The Bertz CT molecular complexity index is 709. The second kappa shape index (κ2) is 4.91. The van der Waals surface area contributed by atoms with Crippen LogP contribution in [0, 0.1) is 0 Å². The maximum atomic E-state index is 12.7. The molecule has 3 heterocycles. The van der Waals surface area contributed by atoms with E-state index in [0.717, 1.165) is 4.90 Å². The lowest BCUT2D eigenvalue weighted by atomic mass is 10.1. The van der Waals surface area contributed by atoms with Crippen LogP contribution in [0.2, 0.25) is 0 Å². The van der Waals surface area contributed by atoms with Crippen LogP contribution >= 0.6 is 0 Å². The normalized spacial score (nSPS) is 27.0. The summed E-state index contributed by atoms with van der Waals surface area (Å²) in [6.45, 7) is -0.122. The summed E-state index contributed by atoms with van der Waals surface area (Å²) in [5.74, 6) is -1.75. The molecule has 0 radical (unpaired) electrons. The van der Waals surface area contributed by atoms with Gasteiger partial charge in [-0.2, -0.15) is 0 Å². The highest BCUT2D eigenvalue weighted by Gasteiger charge is 2.48. The van der Waals surface area contributed by atoms with Crippen molar-refractivity contribution in [2.24, 2.45) is 0 Å². The number of imide groups is 1. The molecule has 4 rings (SSSR count). The van der Waals surface area contributed by atoms with Gasteiger partial charge in [-0.05, 0) is 25.0 Å². The van der Waals surface area contributed by atoms with Crippen LogP contribution in [0.1, 0.15) is 40.0 Å². The topological polar surface area (TPSA) is 84.0 Å². The fourth-order valence-corrected chi connectivity index (χ4v) is 3.46. The Balaban J connectivity index is 1.68. The van der Waals surface area contributed by atoms with E-state index in [0.29, 0.717) is 30.4 Å². The Morgan fingerprint density at radius 1 is 0.957 bits per heavy atom. The second-order valence-electron chi connectivity index (χ2n) is 5.88. The minimum Gasteiger partial charge on any atom is -0.440 e. The van der Waals surface area contributed by atoms with Gasteiger partial charge in [0, 0.05) is 6.42 Å². The lowest BCUT2D eigenvalue weighted by Gasteiger charge is -2.27. The highest BCUT2D eigenvalue weighted by Crippen LogP contribution is 2.31. The molecule has 0 bridgehead atoms. The van der Waals surface area contributed by atoms with Crippen LogP contribution in [-0.2, 0) is 14.3 Å². The third-order valence-corrected chi connectivity index (χ3v) is 4.55. The van der Waals surface area contributed by atoms with Crippen LogP contribution in [0.15, 0.2) is 24.3 Å². The average molecular weight is 314 g/mol. The first-order chi connectivity index (χ1) is 11.1. The smallest absolute Gasteiger partial charge is 0.327 e. The molecule has 0 N–H and O–H groups in total. The summed E-state index contributed by atoms with van der Waals surface area (Å²) in [5, 5.41) is 0. The largest absolute Gasteiger partial charge is 0.440 e. The minimum atomic E-state index is -0.873. The molecule has 3 aliphatic rings. The summed E-state index contributed by atoms with van der Waals surface area (Å²) in [6, 6.07) is 5.67. The van der Waals surface area contributed by atoms with Crippen LogP contribution in [0.4, 0.5) is 0 Å². The molecule has 1 aromatic rings. The monoisotopic (exact) mass is 314 g/mol. The van der Waals surface area contributed by atoms with Crippen molar-refractivity contribution < 1.29 is 23.9 Å². The van der Waals surface area contributed by atoms with Crippen LogP contribution < -0.4 is 0 Å². The summed E-state index contributed by atoms with van der Waals surface area (Å²) in [4.78, 5) is 51.7. The molecule has 0 spiro atoms. The third-order valence-electron chi connectivity index (χ3n) is 4.55. The van der Waals surface area contributed by atoms with Crippen molar-refractivity contribution in [3.05, 3.63) is 35.4 Å². The number of ether oxygens (including phenoxy) is 1. The van der Waals surface area contributed by atoms with Gasteiger partial charge in [-0.1, -0.05) is 12.1 Å². The number of benzene rings is 1. The molecule has 2 atom stereocenters. The van der Waals surface area contributed by atoms with E-state index in [-0.39, 0.29) is 6.54 Å². The summed E-state index contributed by atoms with van der Waals surface area (Å²) in [6.07, 6.45) is 0.930. The lowest BCUT2D eigenvalue weighted by molar-refractivity contribution is -0.143. The number of rotatable bonds is 1. The number of nitrogens with zero attached hydrogens (tertiary/aromatic N) is 2. The van der Waals surface area contributed by atoms with E-state index in [1.54, 1.807) is 24.3 Å². The van der Waals surface area contributed by atoms with Crippen molar-refractivity contribution in [3.63, 3.8) is 0 Å². The van der Waals surface area contributed by atoms with Crippen LogP contribution in [0.5, 0.6) is 0 Å². The Hall–Kier alpha value is -2.70. The molecule has 118 valence electrons. The highest BCUT2D eigenvalue weighted by atomic mass is 16.6. The summed E-state index contributed by atoms with van der Waals surface area (Å²) in [7, 11) is 0. The molecule has 0 saturated carbocycles. The Kier molecular flexibility index (Phi) is 2.97. The van der Waals surface area contributed by atoms with Crippen LogP contribution in [0.25, 0.3) is 0 Å². The summed E-state index contributed by atoms with van der Waals surface area (Å²) >= 11 is 0. The highest BCUT2D eigenvalue weighted by molar-refractivity contribution is 6.22. The molecular weight excluding hydrogens is 300 g/mol. The van der Waals surface area contributed by atoms with Gasteiger partial charge < -0.3 is 4.74 Å².